The summed E-state index contributed by atoms with van der Waals surface area (Å²) < 4.78 is 43.8. The van der Waals surface area contributed by atoms with Gasteiger partial charge in [-0.05, 0) is 39.7 Å². The second-order valence-electron chi connectivity index (χ2n) is 6.95. The summed E-state index contributed by atoms with van der Waals surface area (Å²) in [5.74, 6) is -0.319. The lowest BCUT2D eigenvalue weighted by atomic mass is 10.1. The maximum absolute atomic E-state index is 12.8. The zero-order chi connectivity index (χ0) is 18.8. The van der Waals surface area contributed by atoms with Crippen molar-refractivity contribution in [3.8, 4) is 0 Å². The first kappa shape index (κ1) is 19.1. The molecule has 138 valence electrons. The number of halogens is 3. The summed E-state index contributed by atoms with van der Waals surface area (Å²) >= 11 is 0. The van der Waals surface area contributed by atoms with E-state index in [1.165, 1.54) is 13.1 Å². The average molecular weight is 358 g/mol. The highest BCUT2D eigenvalue weighted by Gasteiger charge is 2.35. The van der Waals surface area contributed by atoms with Gasteiger partial charge in [-0.3, -0.25) is 0 Å². The Labute approximate surface area is 144 Å². The maximum Gasteiger partial charge on any atom is 0.433 e. The van der Waals surface area contributed by atoms with Gasteiger partial charge in [0.1, 0.15) is 5.60 Å². The Hall–Kier alpha value is -2.19. The predicted octanol–water partition coefficient (Wildman–Crippen LogP) is 3.76. The third kappa shape index (κ3) is 5.40. The zero-order valence-electron chi connectivity index (χ0n) is 14.6. The van der Waals surface area contributed by atoms with Crippen molar-refractivity contribution in [3.63, 3.8) is 0 Å². The second-order valence-corrected chi connectivity index (χ2v) is 6.95. The lowest BCUT2D eigenvalue weighted by molar-refractivity contribution is -0.141. The molecule has 1 amide bonds. The van der Waals surface area contributed by atoms with Crippen LogP contribution in [0.4, 0.5) is 23.9 Å². The maximum atomic E-state index is 12.8. The third-order valence-corrected chi connectivity index (χ3v) is 3.50. The Morgan fingerprint density at radius 3 is 2.68 bits per heavy atom. The topological polar surface area (TPSA) is 67.7 Å². The molecule has 2 heterocycles. The molecule has 2 rings (SSSR count). The molecule has 0 bridgehead atoms. The minimum Gasteiger partial charge on any atom is -0.444 e. The van der Waals surface area contributed by atoms with Crippen LogP contribution in [0.25, 0.3) is 0 Å². The molecule has 1 aromatic heterocycles. The monoisotopic (exact) mass is 358 g/mol. The highest BCUT2D eigenvalue weighted by molar-refractivity contribution is 5.71. The molecule has 6 nitrogen and oxygen atoms in total. The first-order valence-electron chi connectivity index (χ1n) is 7.88. The second kappa shape index (κ2) is 6.97. The Morgan fingerprint density at radius 1 is 1.40 bits per heavy atom. The lowest BCUT2D eigenvalue weighted by Crippen LogP contribution is -2.35. The van der Waals surface area contributed by atoms with Crippen LogP contribution in [0.3, 0.4) is 0 Å². The van der Waals surface area contributed by atoms with E-state index < -0.39 is 23.6 Å². The zero-order valence-corrected chi connectivity index (χ0v) is 14.6. The molecule has 1 saturated heterocycles. The van der Waals surface area contributed by atoms with Crippen molar-refractivity contribution >= 4 is 18.3 Å². The van der Waals surface area contributed by atoms with E-state index in [0.717, 1.165) is 6.20 Å². The summed E-state index contributed by atoms with van der Waals surface area (Å²) in [6.45, 7) is 7.56. The summed E-state index contributed by atoms with van der Waals surface area (Å²) in [4.78, 5) is 24.8. The SMILES string of the molecule is Cc1cnc(N=CC2CCN(C(=O)OC(C)(C)C)C2)nc1C(F)(F)F. The molecule has 25 heavy (non-hydrogen) atoms. The Kier molecular flexibility index (Phi) is 5.34. The number of hydrogen-bond donors (Lipinski definition) is 0. The third-order valence-electron chi connectivity index (χ3n) is 3.50. The van der Waals surface area contributed by atoms with E-state index in [1.807, 2.05) is 0 Å². The van der Waals surface area contributed by atoms with Gasteiger partial charge in [-0.25, -0.2) is 19.8 Å². The van der Waals surface area contributed by atoms with Crippen molar-refractivity contribution in [2.75, 3.05) is 13.1 Å². The molecule has 1 aromatic rings. The van der Waals surface area contributed by atoms with Crippen LogP contribution < -0.4 is 0 Å². The van der Waals surface area contributed by atoms with Crippen molar-refractivity contribution in [2.45, 2.75) is 45.9 Å². The van der Waals surface area contributed by atoms with Gasteiger partial charge in [0.2, 0.25) is 5.95 Å². The number of aryl methyl sites for hydroxylation is 1. The molecule has 9 heteroatoms. The highest BCUT2D eigenvalue weighted by atomic mass is 19.4. The number of aliphatic imine (C=N–C) groups is 1. The molecule has 0 aromatic carbocycles. The van der Waals surface area contributed by atoms with Crippen LogP contribution in [-0.4, -0.2) is 45.9 Å². The van der Waals surface area contributed by atoms with E-state index >= 15 is 0 Å². The van der Waals surface area contributed by atoms with Gasteiger partial charge >= 0.3 is 12.3 Å². The number of aromatic nitrogens is 2. The van der Waals surface area contributed by atoms with Gasteiger partial charge < -0.3 is 9.64 Å². The largest absolute Gasteiger partial charge is 0.444 e. The van der Waals surface area contributed by atoms with Gasteiger partial charge in [0.25, 0.3) is 0 Å². The number of likely N-dealkylation sites (tertiary alicyclic amines) is 1. The number of hydrogen-bond acceptors (Lipinski definition) is 5. The first-order valence-corrected chi connectivity index (χ1v) is 7.88. The van der Waals surface area contributed by atoms with Crippen molar-refractivity contribution in [3.05, 3.63) is 17.5 Å². The van der Waals surface area contributed by atoms with Gasteiger partial charge in [0.05, 0.1) is 0 Å². The number of ether oxygens (including phenoxy) is 1. The molecule has 0 saturated carbocycles. The molecule has 0 radical (unpaired) electrons. The van der Waals surface area contributed by atoms with Crippen LogP contribution >= 0.6 is 0 Å². The molecule has 1 unspecified atom stereocenters. The number of rotatable bonds is 2. The summed E-state index contributed by atoms with van der Waals surface area (Å²) in [7, 11) is 0. The summed E-state index contributed by atoms with van der Waals surface area (Å²) in [6.07, 6.45) is -1.70. The number of nitrogens with zero attached hydrogens (tertiary/aromatic N) is 4. The number of carbonyl (C=O) groups excluding carboxylic acids is 1. The molecule has 0 N–H and O–H groups in total. The van der Waals surface area contributed by atoms with E-state index in [2.05, 4.69) is 15.0 Å². The molecular weight excluding hydrogens is 337 g/mol. The average Bonchev–Trinajstić information content (AvgIpc) is 2.92. The predicted molar refractivity (Wildman–Crippen MR) is 85.8 cm³/mol. The molecule has 1 aliphatic heterocycles. The fourth-order valence-corrected chi connectivity index (χ4v) is 2.36. The van der Waals surface area contributed by atoms with Gasteiger partial charge in [0, 0.05) is 31.4 Å². The van der Waals surface area contributed by atoms with E-state index in [1.54, 1.807) is 25.7 Å². The number of alkyl halides is 3. The minimum atomic E-state index is -4.54. The van der Waals surface area contributed by atoms with Crippen LogP contribution in [0.1, 0.15) is 38.4 Å². The van der Waals surface area contributed by atoms with Crippen LogP contribution in [-0.2, 0) is 10.9 Å². The summed E-state index contributed by atoms with van der Waals surface area (Å²) in [6, 6.07) is 0. The van der Waals surface area contributed by atoms with E-state index in [4.69, 9.17) is 4.74 Å². The van der Waals surface area contributed by atoms with Gasteiger partial charge in [0.15, 0.2) is 5.69 Å². The first-order chi connectivity index (χ1) is 11.5. The van der Waals surface area contributed by atoms with Crippen molar-refractivity contribution in [2.24, 2.45) is 10.9 Å². The molecule has 1 fully saturated rings. The van der Waals surface area contributed by atoms with Gasteiger partial charge in [-0.2, -0.15) is 13.2 Å². The van der Waals surface area contributed by atoms with Crippen LogP contribution in [0.5, 0.6) is 0 Å². The lowest BCUT2D eigenvalue weighted by Gasteiger charge is -2.24. The molecule has 1 atom stereocenters. The molecular formula is C16H21F3N4O2. The number of amides is 1. The number of carbonyl (C=O) groups is 1. The normalized spacial score (nSPS) is 18.8. The Morgan fingerprint density at radius 2 is 2.08 bits per heavy atom. The fourth-order valence-electron chi connectivity index (χ4n) is 2.36. The van der Waals surface area contributed by atoms with Crippen LogP contribution in [0, 0.1) is 12.8 Å². The van der Waals surface area contributed by atoms with E-state index in [-0.39, 0.29) is 17.4 Å². The van der Waals surface area contributed by atoms with Crippen molar-refractivity contribution in [1.29, 1.82) is 0 Å². The Balaban J connectivity index is 2.01. The fraction of sp³-hybridized carbons (Fsp3) is 0.625. The van der Waals surface area contributed by atoms with Gasteiger partial charge in [-0.15, -0.1) is 0 Å². The van der Waals surface area contributed by atoms with Crippen LogP contribution in [0.15, 0.2) is 11.2 Å². The van der Waals surface area contributed by atoms with Crippen LogP contribution in [0.2, 0.25) is 0 Å². The van der Waals surface area contributed by atoms with E-state index in [9.17, 15) is 18.0 Å². The van der Waals surface area contributed by atoms with Gasteiger partial charge in [-0.1, -0.05) is 0 Å². The quantitative estimate of drug-likeness (QED) is 0.755. The standard InChI is InChI=1S/C16H21F3N4O2/c1-10-7-20-13(22-12(10)16(17,18)19)21-8-11-5-6-23(9-11)14(24)25-15(2,3)4/h7-8,11H,5-6,9H2,1-4H3. The molecule has 0 aliphatic carbocycles. The minimum absolute atomic E-state index is 0.0524. The Bertz CT molecular complexity index is 668. The molecule has 1 aliphatic rings. The van der Waals surface area contributed by atoms with E-state index in [0.29, 0.717) is 19.5 Å². The highest BCUT2D eigenvalue weighted by Crippen LogP contribution is 2.30. The molecule has 0 spiro atoms. The van der Waals surface area contributed by atoms with Crippen molar-refractivity contribution < 1.29 is 22.7 Å². The summed E-state index contributed by atoms with van der Waals surface area (Å²) in [5, 5.41) is 0. The van der Waals surface area contributed by atoms with Crippen molar-refractivity contribution in [1.82, 2.24) is 14.9 Å². The smallest absolute Gasteiger partial charge is 0.433 e. The summed E-state index contributed by atoms with van der Waals surface area (Å²) in [5.41, 5.74) is -1.62.